The van der Waals surface area contributed by atoms with Gasteiger partial charge in [0.1, 0.15) is 0 Å². The molecule has 0 radical (unpaired) electrons. The smallest absolute Gasteiger partial charge is 0.0647 e. The van der Waals surface area contributed by atoms with Crippen LogP contribution in [-0.4, -0.2) is 10.7 Å². The highest BCUT2D eigenvalue weighted by atomic mass is 16.3. The maximum absolute atomic E-state index is 10.3. The van der Waals surface area contributed by atoms with Gasteiger partial charge in [-0.15, -0.1) is 0 Å². The molecule has 1 aliphatic carbocycles. The van der Waals surface area contributed by atoms with Gasteiger partial charge < -0.3 is 5.11 Å². The van der Waals surface area contributed by atoms with Crippen LogP contribution in [0.1, 0.15) is 71.6 Å². The lowest BCUT2D eigenvalue weighted by Gasteiger charge is -2.32. The fourth-order valence-electron chi connectivity index (χ4n) is 2.45. The first-order valence-corrected chi connectivity index (χ1v) is 6.48. The Morgan fingerprint density at radius 1 is 1.13 bits per heavy atom. The molecule has 0 saturated heterocycles. The molecule has 0 aromatic carbocycles. The second kappa shape index (κ2) is 6.32. The minimum Gasteiger partial charge on any atom is -0.390 e. The van der Waals surface area contributed by atoms with E-state index in [9.17, 15) is 5.11 Å². The second-order valence-corrected chi connectivity index (χ2v) is 5.31. The zero-order valence-electron chi connectivity index (χ0n) is 10.4. The standard InChI is InChI=1S/C14H26O/c1-13(2)9-5-3-6-10-14(15)11-7-4-8-12-14/h9,15H,3-8,10-12H2,1-2H3. The van der Waals surface area contributed by atoms with E-state index < -0.39 is 0 Å². The lowest BCUT2D eigenvalue weighted by Crippen LogP contribution is -2.30. The maximum Gasteiger partial charge on any atom is 0.0647 e. The monoisotopic (exact) mass is 210 g/mol. The summed E-state index contributed by atoms with van der Waals surface area (Å²) in [6, 6.07) is 0. The predicted molar refractivity (Wildman–Crippen MR) is 65.9 cm³/mol. The van der Waals surface area contributed by atoms with Gasteiger partial charge in [-0.05, 0) is 46.0 Å². The summed E-state index contributed by atoms with van der Waals surface area (Å²) in [5.41, 5.74) is 1.11. The van der Waals surface area contributed by atoms with Gasteiger partial charge in [-0.1, -0.05) is 37.3 Å². The molecule has 0 aromatic rings. The van der Waals surface area contributed by atoms with Crippen LogP contribution < -0.4 is 0 Å². The Morgan fingerprint density at radius 3 is 2.40 bits per heavy atom. The topological polar surface area (TPSA) is 20.2 Å². The van der Waals surface area contributed by atoms with Crippen molar-refractivity contribution in [1.82, 2.24) is 0 Å². The number of hydrogen-bond acceptors (Lipinski definition) is 1. The quantitative estimate of drug-likeness (QED) is 0.532. The summed E-state index contributed by atoms with van der Waals surface area (Å²) < 4.78 is 0. The van der Waals surface area contributed by atoms with Crippen LogP contribution in [0.4, 0.5) is 0 Å². The summed E-state index contributed by atoms with van der Waals surface area (Å²) >= 11 is 0. The summed E-state index contributed by atoms with van der Waals surface area (Å²) in [6.07, 6.45) is 12.8. The van der Waals surface area contributed by atoms with E-state index in [1.807, 2.05) is 0 Å². The molecule has 0 unspecified atom stereocenters. The van der Waals surface area contributed by atoms with Crippen molar-refractivity contribution in [2.75, 3.05) is 0 Å². The van der Waals surface area contributed by atoms with E-state index in [0.29, 0.717) is 0 Å². The van der Waals surface area contributed by atoms with Crippen molar-refractivity contribution in [1.29, 1.82) is 0 Å². The molecule has 15 heavy (non-hydrogen) atoms. The number of rotatable bonds is 5. The Balaban J connectivity index is 2.10. The third-order valence-electron chi connectivity index (χ3n) is 3.43. The van der Waals surface area contributed by atoms with Gasteiger partial charge in [-0.2, -0.15) is 0 Å². The van der Waals surface area contributed by atoms with Crippen LogP contribution in [0.2, 0.25) is 0 Å². The minimum atomic E-state index is -0.302. The normalized spacial score (nSPS) is 19.9. The molecule has 0 aliphatic heterocycles. The molecule has 0 bridgehead atoms. The summed E-state index contributed by atoms with van der Waals surface area (Å²) in [5, 5.41) is 10.3. The Hall–Kier alpha value is -0.300. The number of unbranched alkanes of at least 4 members (excludes halogenated alkanes) is 2. The van der Waals surface area contributed by atoms with Crippen molar-refractivity contribution >= 4 is 0 Å². The van der Waals surface area contributed by atoms with Crippen molar-refractivity contribution in [3.8, 4) is 0 Å². The summed E-state index contributed by atoms with van der Waals surface area (Å²) in [6.45, 7) is 4.29. The third kappa shape index (κ3) is 5.36. The van der Waals surface area contributed by atoms with Crippen molar-refractivity contribution in [2.45, 2.75) is 77.2 Å². The molecular weight excluding hydrogens is 184 g/mol. The Kier molecular flexibility index (Phi) is 5.38. The van der Waals surface area contributed by atoms with E-state index in [1.165, 1.54) is 44.1 Å². The molecule has 1 nitrogen and oxygen atoms in total. The van der Waals surface area contributed by atoms with Crippen LogP contribution in [0.25, 0.3) is 0 Å². The molecule has 0 amide bonds. The number of aliphatic hydroxyl groups is 1. The SMILES string of the molecule is CC(C)=CCCCCC1(O)CCCCC1. The highest BCUT2D eigenvalue weighted by molar-refractivity contribution is 4.92. The van der Waals surface area contributed by atoms with Gasteiger partial charge in [0.2, 0.25) is 0 Å². The molecule has 1 heteroatoms. The van der Waals surface area contributed by atoms with Crippen LogP contribution in [0.3, 0.4) is 0 Å². The van der Waals surface area contributed by atoms with Gasteiger partial charge in [-0.25, -0.2) is 0 Å². The molecule has 0 aromatic heterocycles. The van der Waals surface area contributed by atoms with Crippen LogP contribution in [-0.2, 0) is 0 Å². The molecule has 1 fully saturated rings. The Bertz CT molecular complexity index is 195. The lowest BCUT2D eigenvalue weighted by molar-refractivity contribution is -0.00569. The maximum atomic E-state index is 10.3. The molecule has 1 N–H and O–H groups in total. The molecular formula is C14H26O. The van der Waals surface area contributed by atoms with Gasteiger partial charge >= 0.3 is 0 Å². The average Bonchev–Trinajstić information content (AvgIpc) is 2.17. The molecule has 0 spiro atoms. The van der Waals surface area contributed by atoms with Gasteiger partial charge in [-0.3, -0.25) is 0 Å². The van der Waals surface area contributed by atoms with E-state index in [-0.39, 0.29) is 5.60 Å². The summed E-state index contributed by atoms with van der Waals surface area (Å²) in [5.74, 6) is 0. The minimum absolute atomic E-state index is 0.302. The highest BCUT2D eigenvalue weighted by Crippen LogP contribution is 2.32. The molecule has 88 valence electrons. The largest absolute Gasteiger partial charge is 0.390 e. The van der Waals surface area contributed by atoms with E-state index in [4.69, 9.17) is 0 Å². The second-order valence-electron chi connectivity index (χ2n) is 5.31. The fraction of sp³-hybridized carbons (Fsp3) is 0.857. The molecule has 1 saturated carbocycles. The van der Waals surface area contributed by atoms with E-state index >= 15 is 0 Å². The number of allylic oxidation sites excluding steroid dienone is 2. The molecule has 0 atom stereocenters. The van der Waals surface area contributed by atoms with Gasteiger partial charge in [0.05, 0.1) is 5.60 Å². The zero-order valence-corrected chi connectivity index (χ0v) is 10.4. The van der Waals surface area contributed by atoms with Gasteiger partial charge in [0, 0.05) is 0 Å². The lowest BCUT2D eigenvalue weighted by atomic mass is 9.81. The third-order valence-corrected chi connectivity index (χ3v) is 3.43. The molecule has 0 heterocycles. The van der Waals surface area contributed by atoms with E-state index in [2.05, 4.69) is 19.9 Å². The van der Waals surface area contributed by atoms with Crippen molar-refractivity contribution in [3.63, 3.8) is 0 Å². The van der Waals surface area contributed by atoms with Crippen LogP contribution >= 0.6 is 0 Å². The van der Waals surface area contributed by atoms with Crippen LogP contribution in [0.15, 0.2) is 11.6 Å². The fourth-order valence-corrected chi connectivity index (χ4v) is 2.45. The average molecular weight is 210 g/mol. The first-order valence-electron chi connectivity index (χ1n) is 6.48. The van der Waals surface area contributed by atoms with E-state index in [1.54, 1.807) is 0 Å². The van der Waals surface area contributed by atoms with Crippen molar-refractivity contribution < 1.29 is 5.11 Å². The zero-order chi connectivity index (χ0) is 11.1. The van der Waals surface area contributed by atoms with Gasteiger partial charge in [0.15, 0.2) is 0 Å². The first kappa shape index (κ1) is 12.8. The first-order chi connectivity index (χ1) is 7.12. The predicted octanol–water partition coefficient (Wildman–Crippen LogP) is 4.21. The van der Waals surface area contributed by atoms with Gasteiger partial charge in [0.25, 0.3) is 0 Å². The Labute approximate surface area is 94.6 Å². The van der Waals surface area contributed by atoms with Crippen LogP contribution in [0, 0.1) is 0 Å². The van der Waals surface area contributed by atoms with Crippen LogP contribution in [0.5, 0.6) is 0 Å². The molecule has 1 aliphatic rings. The summed E-state index contributed by atoms with van der Waals surface area (Å²) in [7, 11) is 0. The Morgan fingerprint density at radius 2 is 1.80 bits per heavy atom. The van der Waals surface area contributed by atoms with E-state index in [0.717, 1.165) is 19.3 Å². The highest BCUT2D eigenvalue weighted by Gasteiger charge is 2.27. The summed E-state index contributed by atoms with van der Waals surface area (Å²) in [4.78, 5) is 0. The van der Waals surface area contributed by atoms with Crippen molar-refractivity contribution in [2.24, 2.45) is 0 Å². The molecule has 1 rings (SSSR count). The number of hydrogen-bond donors (Lipinski definition) is 1. The van der Waals surface area contributed by atoms with Crippen molar-refractivity contribution in [3.05, 3.63) is 11.6 Å².